The van der Waals surface area contributed by atoms with Crippen LogP contribution >= 0.6 is 0 Å². The molecule has 1 fully saturated rings. The topological polar surface area (TPSA) is 48.6 Å². The van der Waals surface area contributed by atoms with Crippen molar-refractivity contribution in [3.8, 4) is 11.3 Å². The van der Waals surface area contributed by atoms with Gasteiger partial charge in [-0.3, -0.25) is 0 Å². The average molecular weight is 314 g/mol. The normalized spacial score (nSPS) is 16.0. The maximum absolute atomic E-state index is 8.81. The van der Waals surface area contributed by atoms with Crippen molar-refractivity contribution in [3.63, 3.8) is 0 Å². The molecule has 0 radical (unpaired) electrons. The Morgan fingerprint density at radius 1 is 1.13 bits per heavy atom. The second-order valence-electron chi connectivity index (χ2n) is 6.17. The number of hydrogen-bond acceptors (Lipinski definition) is 4. The number of nitrogens with zero attached hydrogens (tertiary/aromatic N) is 1. The molecule has 0 bridgehead atoms. The Labute approximate surface area is 138 Å². The summed E-state index contributed by atoms with van der Waals surface area (Å²) in [6.07, 6.45) is 6.01. The van der Waals surface area contributed by atoms with E-state index in [1.807, 2.05) is 12.1 Å². The number of furan rings is 1. The van der Waals surface area contributed by atoms with Crippen molar-refractivity contribution in [1.82, 2.24) is 5.32 Å². The first kappa shape index (κ1) is 16.1. The minimum absolute atomic E-state index is 0.298. The lowest BCUT2D eigenvalue weighted by molar-refractivity contribution is 0.281. The Morgan fingerprint density at radius 3 is 2.74 bits per heavy atom. The van der Waals surface area contributed by atoms with E-state index in [1.54, 1.807) is 6.26 Å². The smallest absolute Gasteiger partial charge is 0.133 e. The molecule has 0 amide bonds. The van der Waals surface area contributed by atoms with E-state index < -0.39 is 0 Å². The molecule has 1 saturated heterocycles. The third kappa shape index (κ3) is 4.36. The molecule has 1 aromatic heterocycles. The largest absolute Gasteiger partial charge is 0.464 e. The molecular formula is C19H26N2O2. The first-order valence-electron chi connectivity index (χ1n) is 8.60. The molecule has 3 rings (SSSR count). The molecule has 0 atom stereocenters. The summed E-state index contributed by atoms with van der Waals surface area (Å²) in [7, 11) is 0. The zero-order valence-electron chi connectivity index (χ0n) is 13.6. The van der Waals surface area contributed by atoms with Gasteiger partial charge in [0.2, 0.25) is 0 Å². The number of unbranched alkanes of at least 4 members (excludes halogenated alkanes) is 1. The van der Waals surface area contributed by atoms with E-state index in [2.05, 4.69) is 34.5 Å². The summed E-state index contributed by atoms with van der Waals surface area (Å²) in [5, 5.41) is 12.4. The third-order valence-electron chi connectivity index (χ3n) is 4.53. The number of nitrogens with one attached hydrogen (secondary N) is 1. The monoisotopic (exact) mass is 314 g/mol. The van der Waals surface area contributed by atoms with E-state index in [0.29, 0.717) is 12.6 Å². The van der Waals surface area contributed by atoms with Crippen molar-refractivity contribution in [2.45, 2.75) is 31.7 Å². The van der Waals surface area contributed by atoms with Crippen molar-refractivity contribution >= 4 is 5.69 Å². The van der Waals surface area contributed by atoms with E-state index in [1.165, 1.54) is 18.5 Å². The SMILES string of the molecule is OCCCCNC1CCN(c2cccc(-c3ccco3)c2)CC1. The molecule has 1 aliphatic rings. The van der Waals surface area contributed by atoms with Crippen molar-refractivity contribution in [3.05, 3.63) is 42.7 Å². The summed E-state index contributed by atoms with van der Waals surface area (Å²) in [6, 6.07) is 13.1. The van der Waals surface area contributed by atoms with Crippen LogP contribution in [0.15, 0.2) is 47.1 Å². The van der Waals surface area contributed by atoms with Gasteiger partial charge >= 0.3 is 0 Å². The van der Waals surface area contributed by atoms with Gasteiger partial charge in [0.05, 0.1) is 6.26 Å². The van der Waals surface area contributed by atoms with Crippen molar-refractivity contribution in [1.29, 1.82) is 0 Å². The molecule has 2 heterocycles. The van der Waals surface area contributed by atoms with E-state index in [-0.39, 0.29) is 0 Å². The zero-order chi connectivity index (χ0) is 15.9. The molecule has 1 aromatic carbocycles. The quantitative estimate of drug-likeness (QED) is 0.770. The maximum Gasteiger partial charge on any atom is 0.133 e. The van der Waals surface area contributed by atoms with Crippen LogP contribution in [-0.2, 0) is 0 Å². The average Bonchev–Trinajstić information content (AvgIpc) is 3.14. The van der Waals surface area contributed by atoms with Gasteiger partial charge in [-0.05, 0) is 56.5 Å². The van der Waals surface area contributed by atoms with E-state index in [4.69, 9.17) is 9.52 Å². The molecule has 124 valence electrons. The second kappa shape index (κ2) is 8.18. The van der Waals surface area contributed by atoms with E-state index in [0.717, 1.165) is 43.8 Å². The molecule has 0 aliphatic carbocycles. The molecule has 0 unspecified atom stereocenters. The Balaban J connectivity index is 1.53. The number of hydrogen-bond donors (Lipinski definition) is 2. The van der Waals surface area contributed by atoms with Crippen LogP contribution in [0.5, 0.6) is 0 Å². The summed E-state index contributed by atoms with van der Waals surface area (Å²) < 4.78 is 5.50. The third-order valence-corrected chi connectivity index (χ3v) is 4.53. The van der Waals surface area contributed by atoms with Gasteiger partial charge in [0.25, 0.3) is 0 Å². The number of piperidine rings is 1. The Hall–Kier alpha value is -1.78. The zero-order valence-corrected chi connectivity index (χ0v) is 13.6. The maximum atomic E-state index is 8.81. The van der Waals surface area contributed by atoms with Gasteiger partial charge in [0.15, 0.2) is 0 Å². The number of rotatable bonds is 7. The van der Waals surface area contributed by atoms with Crippen LogP contribution in [0.25, 0.3) is 11.3 Å². The predicted molar refractivity (Wildman–Crippen MR) is 93.7 cm³/mol. The molecule has 4 heteroatoms. The summed E-state index contributed by atoms with van der Waals surface area (Å²) in [5.74, 6) is 0.923. The molecule has 23 heavy (non-hydrogen) atoms. The first-order valence-corrected chi connectivity index (χ1v) is 8.60. The second-order valence-corrected chi connectivity index (χ2v) is 6.17. The lowest BCUT2D eigenvalue weighted by Crippen LogP contribution is -2.42. The fourth-order valence-corrected chi connectivity index (χ4v) is 3.18. The Bertz CT molecular complexity index is 575. The van der Waals surface area contributed by atoms with Gasteiger partial charge in [-0.15, -0.1) is 0 Å². The lowest BCUT2D eigenvalue weighted by Gasteiger charge is -2.34. The van der Waals surface area contributed by atoms with Crippen LogP contribution in [0.1, 0.15) is 25.7 Å². The summed E-state index contributed by atoms with van der Waals surface area (Å²) in [4.78, 5) is 2.46. The molecule has 2 N–H and O–H groups in total. The fraction of sp³-hybridized carbons (Fsp3) is 0.474. The number of aliphatic hydroxyl groups excluding tert-OH is 1. The molecular weight excluding hydrogens is 288 g/mol. The van der Waals surface area contributed by atoms with Gasteiger partial charge in [0.1, 0.15) is 5.76 Å². The minimum Gasteiger partial charge on any atom is -0.464 e. The van der Waals surface area contributed by atoms with Crippen molar-refractivity contribution in [2.75, 3.05) is 31.1 Å². The Morgan fingerprint density at radius 2 is 2.00 bits per heavy atom. The number of benzene rings is 1. The molecule has 4 nitrogen and oxygen atoms in total. The summed E-state index contributed by atoms with van der Waals surface area (Å²) in [5.41, 5.74) is 2.41. The standard InChI is InChI=1S/C19H26N2O2/c22-13-2-1-10-20-17-8-11-21(12-9-17)18-6-3-5-16(15-18)19-7-4-14-23-19/h3-7,14-15,17,20,22H,1-2,8-13H2. The van der Waals surface area contributed by atoms with E-state index >= 15 is 0 Å². The highest BCUT2D eigenvalue weighted by molar-refractivity contribution is 5.64. The lowest BCUT2D eigenvalue weighted by atomic mass is 10.0. The van der Waals surface area contributed by atoms with Gasteiger partial charge in [-0.1, -0.05) is 12.1 Å². The van der Waals surface area contributed by atoms with Crippen LogP contribution < -0.4 is 10.2 Å². The molecule has 1 aliphatic heterocycles. The summed E-state index contributed by atoms with van der Waals surface area (Å²) >= 11 is 0. The Kier molecular flexibility index (Phi) is 5.72. The van der Waals surface area contributed by atoms with Crippen LogP contribution in [0.2, 0.25) is 0 Å². The minimum atomic E-state index is 0.298. The first-order chi connectivity index (χ1) is 11.4. The van der Waals surface area contributed by atoms with Crippen LogP contribution in [0.3, 0.4) is 0 Å². The summed E-state index contributed by atoms with van der Waals surface area (Å²) in [6.45, 7) is 3.48. The number of anilines is 1. The molecule has 0 spiro atoms. The fourth-order valence-electron chi connectivity index (χ4n) is 3.18. The highest BCUT2D eigenvalue weighted by Gasteiger charge is 2.19. The van der Waals surface area contributed by atoms with Gasteiger partial charge in [0, 0.05) is 37.0 Å². The number of aliphatic hydroxyl groups is 1. The molecule has 0 saturated carbocycles. The van der Waals surface area contributed by atoms with Crippen LogP contribution in [0, 0.1) is 0 Å². The van der Waals surface area contributed by atoms with Crippen molar-refractivity contribution in [2.24, 2.45) is 0 Å². The highest BCUT2D eigenvalue weighted by Crippen LogP contribution is 2.27. The van der Waals surface area contributed by atoms with Crippen LogP contribution in [-0.4, -0.2) is 37.4 Å². The highest BCUT2D eigenvalue weighted by atomic mass is 16.3. The van der Waals surface area contributed by atoms with Crippen LogP contribution in [0.4, 0.5) is 5.69 Å². The van der Waals surface area contributed by atoms with Gasteiger partial charge < -0.3 is 19.7 Å². The van der Waals surface area contributed by atoms with E-state index in [9.17, 15) is 0 Å². The van der Waals surface area contributed by atoms with Gasteiger partial charge in [-0.25, -0.2) is 0 Å². The van der Waals surface area contributed by atoms with Gasteiger partial charge in [-0.2, -0.15) is 0 Å². The predicted octanol–water partition coefficient (Wildman–Crippen LogP) is 3.28. The molecule has 2 aromatic rings. The van der Waals surface area contributed by atoms with Crippen molar-refractivity contribution < 1.29 is 9.52 Å².